The van der Waals surface area contributed by atoms with E-state index in [9.17, 15) is 14.0 Å². The lowest BCUT2D eigenvalue weighted by Crippen LogP contribution is -2.25. The van der Waals surface area contributed by atoms with E-state index >= 15 is 0 Å². The number of amides is 1. The van der Waals surface area contributed by atoms with Crippen LogP contribution in [0, 0.1) is 5.82 Å². The fourth-order valence-corrected chi connectivity index (χ4v) is 2.35. The molecule has 2 aromatic heterocycles. The molecule has 1 aromatic carbocycles. The van der Waals surface area contributed by atoms with Crippen LogP contribution in [-0.4, -0.2) is 25.9 Å². The fraction of sp³-hybridized carbons (Fsp3) is 0.167. The van der Waals surface area contributed by atoms with Crippen LogP contribution in [0.3, 0.4) is 0 Å². The van der Waals surface area contributed by atoms with Crippen LogP contribution in [0.1, 0.15) is 28.7 Å². The van der Waals surface area contributed by atoms with E-state index in [1.165, 1.54) is 28.9 Å². The van der Waals surface area contributed by atoms with Gasteiger partial charge < -0.3 is 5.32 Å². The maximum atomic E-state index is 13.2. The average molecular weight is 353 g/mol. The molecule has 8 heteroatoms. The van der Waals surface area contributed by atoms with Gasteiger partial charge in [-0.3, -0.25) is 9.59 Å². The van der Waals surface area contributed by atoms with Gasteiger partial charge in [-0.1, -0.05) is 12.1 Å². The van der Waals surface area contributed by atoms with Gasteiger partial charge in [0.25, 0.3) is 11.5 Å². The van der Waals surface area contributed by atoms with Gasteiger partial charge in [0, 0.05) is 19.0 Å². The summed E-state index contributed by atoms with van der Waals surface area (Å²) in [5.74, 6) is -0.534. The zero-order chi connectivity index (χ0) is 18.5. The first-order valence-corrected chi connectivity index (χ1v) is 8.01. The minimum Gasteiger partial charge on any atom is -0.304 e. The first-order valence-electron chi connectivity index (χ1n) is 8.01. The zero-order valence-electron chi connectivity index (χ0n) is 14.0. The predicted molar refractivity (Wildman–Crippen MR) is 93.4 cm³/mol. The van der Waals surface area contributed by atoms with Gasteiger partial charge in [-0.2, -0.15) is 10.2 Å². The molecule has 7 nitrogen and oxygen atoms in total. The normalized spacial score (nSPS) is 10.5. The summed E-state index contributed by atoms with van der Waals surface area (Å²) in [4.78, 5) is 23.7. The summed E-state index contributed by atoms with van der Waals surface area (Å²) < 4.78 is 14.4. The molecular weight excluding hydrogens is 337 g/mol. The molecule has 0 bridgehead atoms. The highest BCUT2D eigenvalue weighted by Gasteiger charge is 2.11. The predicted octanol–water partition coefficient (Wildman–Crippen LogP) is 2.04. The molecule has 0 fully saturated rings. The minimum atomic E-state index is -0.487. The van der Waals surface area contributed by atoms with Crippen molar-refractivity contribution >= 4 is 11.7 Å². The lowest BCUT2D eigenvalue weighted by molar-refractivity contribution is 0.101. The van der Waals surface area contributed by atoms with Gasteiger partial charge in [-0.05, 0) is 42.8 Å². The van der Waals surface area contributed by atoms with Crippen LogP contribution in [0.15, 0.2) is 53.3 Å². The first-order chi connectivity index (χ1) is 12.5. The van der Waals surface area contributed by atoms with E-state index in [0.29, 0.717) is 18.7 Å². The molecule has 0 atom stereocenters. The summed E-state index contributed by atoms with van der Waals surface area (Å²) in [5, 5.41) is 14.5. The van der Waals surface area contributed by atoms with Crippen molar-refractivity contribution in [3.05, 3.63) is 81.7 Å². The van der Waals surface area contributed by atoms with Gasteiger partial charge in [0.15, 0.2) is 5.82 Å². The number of nitrogens with one attached hydrogen (secondary N) is 1. The molecule has 0 spiro atoms. The Morgan fingerprint density at radius 2 is 2.00 bits per heavy atom. The SMILES string of the molecule is CCn1nc(C(=O)Nc2ccc(Cc3cccc(F)c3)nn2)ccc1=O. The number of hydrogen-bond donors (Lipinski definition) is 1. The van der Waals surface area contributed by atoms with Crippen molar-refractivity contribution in [2.24, 2.45) is 0 Å². The van der Waals surface area contributed by atoms with Gasteiger partial charge in [-0.15, -0.1) is 5.10 Å². The molecule has 0 unspecified atom stereocenters. The van der Waals surface area contributed by atoms with E-state index in [0.717, 1.165) is 5.56 Å². The van der Waals surface area contributed by atoms with Crippen molar-refractivity contribution in [2.45, 2.75) is 19.9 Å². The molecule has 0 radical (unpaired) electrons. The van der Waals surface area contributed by atoms with E-state index in [1.807, 2.05) is 0 Å². The second-order valence-electron chi connectivity index (χ2n) is 5.54. The Bertz CT molecular complexity index is 985. The molecule has 1 N–H and O–H groups in total. The topological polar surface area (TPSA) is 89.8 Å². The van der Waals surface area contributed by atoms with Gasteiger partial charge in [-0.25, -0.2) is 9.07 Å². The Morgan fingerprint density at radius 3 is 2.69 bits per heavy atom. The Kier molecular flexibility index (Phi) is 5.12. The van der Waals surface area contributed by atoms with Crippen LogP contribution in [0.25, 0.3) is 0 Å². The molecule has 0 saturated carbocycles. The quantitative estimate of drug-likeness (QED) is 0.758. The van der Waals surface area contributed by atoms with Crippen LogP contribution >= 0.6 is 0 Å². The third kappa shape index (κ3) is 4.15. The zero-order valence-corrected chi connectivity index (χ0v) is 14.0. The second-order valence-corrected chi connectivity index (χ2v) is 5.54. The molecule has 1 amide bonds. The van der Waals surface area contributed by atoms with E-state index in [1.54, 1.807) is 31.2 Å². The number of halogens is 1. The van der Waals surface area contributed by atoms with Crippen molar-refractivity contribution in [3.8, 4) is 0 Å². The number of anilines is 1. The molecule has 3 rings (SSSR count). The van der Waals surface area contributed by atoms with E-state index < -0.39 is 5.91 Å². The number of carbonyl (C=O) groups is 1. The summed E-state index contributed by atoms with van der Waals surface area (Å²) in [7, 11) is 0. The highest BCUT2D eigenvalue weighted by atomic mass is 19.1. The summed E-state index contributed by atoms with van der Waals surface area (Å²) in [5.41, 5.74) is 1.26. The molecule has 3 aromatic rings. The Labute approximate surface area is 148 Å². The van der Waals surface area contributed by atoms with Gasteiger partial charge in [0.1, 0.15) is 11.5 Å². The largest absolute Gasteiger partial charge is 0.304 e. The second kappa shape index (κ2) is 7.64. The molecule has 2 heterocycles. The highest BCUT2D eigenvalue weighted by Crippen LogP contribution is 2.10. The number of benzene rings is 1. The fourth-order valence-electron chi connectivity index (χ4n) is 2.35. The Hall–Kier alpha value is -3.42. The van der Waals surface area contributed by atoms with E-state index in [-0.39, 0.29) is 22.9 Å². The number of aryl methyl sites for hydroxylation is 1. The van der Waals surface area contributed by atoms with Crippen LogP contribution in [0.5, 0.6) is 0 Å². The molecule has 0 aliphatic heterocycles. The lowest BCUT2D eigenvalue weighted by atomic mass is 10.1. The molecular formula is C18H16FN5O2. The van der Waals surface area contributed by atoms with Crippen molar-refractivity contribution < 1.29 is 9.18 Å². The van der Waals surface area contributed by atoms with Gasteiger partial charge in [0.2, 0.25) is 0 Å². The maximum absolute atomic E-state index is 13.2. The molecule has 26 heavy (non-hydrogen) atoms. The molecule has 0 saturated heterocycles. The molecule has 0 aliphatic rings. The third-order valence-electron chi connectivity index (χ3n) is 3.63. The summed E-state index contributed by atoms with van der Waals surface area (Å²) in [6.07, 6.45) is 0.433. The van der Waals surface area contributed by atoms with Gasteiger partial charge >= 0.3 is 0 Å². The molecule has 0 aliphatic carbocycles. The van der Waals surface area contributed by atoms with Crippen molar-refractivity contribution in [1.29, 1.82) is 0 Å². The van der Waals surface area contributed by atoms with Crippen LogP contribution in [0.2, 0.25) is 0 Å². The minimum absolute atomic E-state index is 0.108. The standard InChI is InChI=1S/C18H16FN5O2/c1-2-24-17(25)9-7-15(23-24)18(26)20-16-8-6-14(21-22-16)11-12-4-3-5-13(19)10-12/h3-10H,2,11H2,1H3,(H,20,22,26). The maximum Gasteiger partial charge on any atom is 0.277 e. The Balaban J connectivity index is 1.69. The smallest absolute Gasteiger partial charge is 0.277 e. The summed E-state index contributed by atoms with van der Waals surface area (Å²) in [6, 6.07) is 12.2. The average Bonchev–Trinajstić information content (AvgIpc) is 2.64. The lowest BCUT2D eigenvalue weighted by Gasteiger charge is -2.06. The highest BCUT2D eigenvalue weighted by molar-refractivity contribution is 6.02. The van der Waals surface area contributed by atoms with Crippen molar-refractivity contribution in [2.75, 3.05) is 5.32 Å². The Morgan fingerprint density at radius 1 is 1.15 bits per heavy atom. The number of carbonyl (C=O) groups excluding carboxylic acids is 1. The third-order valence-corrected chi connectivity index (χ3v) is 3.63. The summed E-state index contributed by atoms with van der Waals surface area (Å²) in [6.45, 7) is 2.13. The summed E-state index contributed by atoms with van der Waals surface area (Å²) >= 11 is 0. The number of aromatic nitrogens is 4. The number of nitrogens with zero attached hydrogens (tertiary/aromatic N) is 4. The molecule has 132 valence electrons. The number of hydrogen-bond acceptors (Lipinski definition) is 5. The first kappa shape index (κ1) is 17.4. The van der Waals surface area contributed by atoms with Gasteiger partial charge in [0.05, 0.1) is 5.69 Å². The van der Waals surface area contributed by atoms with E-state index in [2.05, 4.69) is 20.6 Å². The van der Waals surface area contributed by atoms with Crippen molar-refractivity contribution in [3.63, 3.8) is 0 Å². The van der Waals surface area contributed by atoms with Crippen LogP contribution in [0.4, 0.5) is 10.2 Å². The number of rotatable bonds is 5. The monoisotopic (exact) mass is 353 g/mol. The van der Waals surface area contributed by atoms with Crippen LogP contribution < -0.4 is 10.9 Å². The van der Waals surface area contributed by atoms with E-state index in [4.69, 9.17) is 0 Å². The van der Waals surface area contributed by atoms with Crippen LogP contribution in [-0.2, 0) is 13.0 Å². The van der Waals surface area contributed by atoms with Crippen molar-refractivity contribution in [1.82, 2.24) is 20.0 Å².